The summed E-state index contributed by atoms with van der Waals surface area (Å²) < 4.78 is 16.3. The molecule has 0 radical (unpaired) electrons. The van der Waals surface area contributed by atoms with Crippen LogP contribution in [-0.4, -0.2) is 60.6 Å². The smallest absolute Gasteiger partial charge is 0.410 e. The van der Waals surface area contributed by atoms with Crippen molar-refractivity contribution >= 4 is 12.1 Å². The minimum Gasteiger partial charge on any atom is -0.493 e. The molecule has 0 saturated carbocycles. The Morgan fingerprint density at radius 1 is 1.29 bits per heavy atom. The summed E-state index contributed by atoms with van der Waals surface area (Å²) in [4.78, 5) is 26.2. The molecule has 2 atom stereocenters. The first-order chi connectivity index (χ1) is 14.7. The normalized spacial score (nSPS) is 18.9. The standard InChI is InChI=1S/C24H35NO6/c1-6-7-8-9-14-30-21-15-17(22(27)29-5)10-11-18(21)19-16-25(13-12-20(19)26)23(28)31-24(2,3)4/h6,10-11,15,19-20,26H,1,7-9,12-14,16H2,2-5H3/t19-,20-/m0/s1. The molecule has 1 aliphatic rings. The zero-order chi connectivity index (χ0) is 23.0. The third-order valence-electron chi connectivity index (χ3n) is 5.12. The molecule has 0 unspecified atom stereocenters. The zero-order valence-electron chi connectivity index (χ0n) is 19.1. The van der Waals surface area contributed by atoms with Crippen molar-refractivity contribution in [2.24, 2.45) is 0 Å². The van der Waals surface area contributed by atoms with Crippen molar-refractivity contribution in [2.45, 2.75) is 64.1 Å². The fourth-order valence-corrected chi connectivity index (χ4v) is 3.52. The number of allylic oxidation sites excluding steroid dienone is 1. The van der Waals surface area contributed by atoms with Crippen LogP contribution in [0.4, 0.5) is 4.79 Å². The van der Waals surface area contributed by atoms with Gasteiger partial charge in [-0.2, -0.15) is 0 Å². The highest BCUT2D eigenvalue weighted by atomic mass is 16.6. The molecule has 1 heterocycles. The second-order valence-corrected chi connectivity index (χ2v) is 8.77. The third kappa shape index (κ3) is 7.28. The lowest BCUT2D eigenvalue weighted by Gasteiger charge is -2.37. The van der Waals surface area contributed by atoms with Gasteiger partial charge in [-0.15, -0.1) is 6.58 Å². The Hall–Kier alpha value is -2.54. The SMILES string of the molecule is C=CCCCCOc1cc(C(=O)OC)ccc1[C@@H]1CN(C(=O)OC(C)(C)C)CC[C@@H]1O. The van der Waals surface area contributed by atoms with Crippen LogP contribution in [0.1, 0.15) is 68.3 Å². The molecule has 1 aromatic carbocycles. The molecular weight excluding hydrogens is 398 g/mol. The molecule has 7 nitrogen and oxygen atoms in total. The Morgan fingerprint density at radius 2 is 2.03 bits per heavy atom. The van der Waals surface area contributed by atoms with E-state index in [1.165, 1.54) is 7.11 Å². The van der Waals surface area contributed by atoms with Gasteiger partial charge in [-0.1, -0.05) is 12.1 Å². The van der Waals surface area contributed by atoms with Crippen molar-refractivity contribution in [1.82, 2.24) is 4.90 Å². The molecule has 1 aromatic rings. The van der Waals surface area contributed by atoms with Crippen LogP contribution in [0.5, 0.6) is 5.75 Å². The van der Waals surface area contributed by atoms with Crippen LogP contribution in [0.15, 0.2) is 30.9 Å². The average Bonchev–Trinajstić information content (AvgIpc) is 2.72. The summed E-state index contributed by atoms with van der Waals surface area (Å²) >= 11 is 0. The predicted molar refractivity (Wildman–Crippen MR) is 118 cm³/mol. The minimum atomic E-state index is -0.634. The van der Waals surface area contributed by atoms with Crippen molar-refractivity contribution < 1.29 is 28.9 Å². The number of hydrogen-bond donors (Lipinski definition) is 1. The number of nitrogens with zero attached hydrogens (tertiary/aromatic N) is 1. The Balaban J connectivity index is 2.24. The number of unbranched alkanes of at least 4 members (excludes halogenated alkanes) is 2. The van der Waals surface area contributed by atoms with Gasteiger partial charge in [0.1, 0.15) is 11.4 Å². The van der Waals surface area contributed by atoms with Gasteiger partial charge in [-0.3, -0.25) is 0 Å². The van der Waals surface area contributed by atoms with E-state index in [4.69, 9.17) is 14.2 Å². The molecule has 0 bridgehead atoms. The number of piperidine rings is 1. The summed E-state index contributed by atoms with van der Waals surface area (Å²) in [7, 11) is 1.33. The number of carbonyl (C=O) groups is 2. The number of rotatable bonds is 8. The van der Waals surface area contributed by atoms with E-state index in [-0.39, 0.29) is 5.92 Å². The average molecular weight is 434 g/mol. The van der Waals surface area contributed by atoms with Gasteiger partial charge in [-0.05, 0) is 58.6 Å². The van der Waals surface area contributed by atoms with Crippen molar-refractivity contribution in [3.05, 3.63) is 42.0 Å². The summed E-state index contributed by atoms with van der Waals surface area (Å²) in [6, 6.07) is 5.08. The Bertz CT molecular complexity index is 770. The summed E-state index contributed by atoms with van der Waals surface area (Å²) in [5.74, 6) is -0.282. The van der Waals surface area contributed by atoms with E-state index in [1.807, 2.05) is 26.8 Å². The van der Waals surface area contributed by atoms with E-state index in [0.717, 1.165) is 24.8 Å². The molecule has 1 saturated heterocycles. The van der Waals surface area contributed by atoms with Crippen LogP contribution in [-0.2, 0) is 9.47 Å². The van der Waals surface area contributed by atoms with Gasteiger partial charge in [0.25, 0.3) is 0 Å². The van der Waals surface area contributed by atoms with E-state index >= 15 is 0 Å². The number of esters is 1. The van der Waals surface area contributed by atoms with E-state index < -0.39 is 23.8 Å². The molecule has 0 aromatic heterocycles. The van der Waals surface area contributed by atoms with Crippen LogP contribution >= 0.6 is 0 Å². The first kappa shape index (κ1) is 24.7. The highest BCUT2D eigenvalue weighted by molar-refractivity contribution is 5.90. The van der Waals surface area contributed by atoms with Crippen molar-refractivity contribution in [3.8, 4) is 5.75 Å². The maximum atomic E-state index is 12.6. The second-order valence-electron chi connectivity index (χ2n) is 8.77. The van der Waals surface area contributed by atoms with Crippen molar-refractivity contribution in [2.75, 3.05) is 26.8 Å². The molecule has 1 amide bonds. The number of carbonyl (C=O) groups excluding carboxylic acids is 2. The second kappa shape index (κ2) is 11.2. The topological polar surface area (TPSA) is 85.3 Å². The van der Waals surface area contributed by atoms with Gasteiger partial charge in [-0.25, -0.2) is 9.59 Å². The molecule has 31 heavy (non-hydrogen) atoms. The van der Waals surface area contributed by atoms with E-state index in [0.29, 0.717) is 37.4 Å². The molecular formula is C24H35NO6. The lowest BCUT2D eigenvalue weighted by Crippen LogP contribution is -2.46. The van der Waals surface area contributed by atoms with Crippen LogP contribution in [0, 0.1) is 0 Å². The lowest BCUT2D eigenvalue weighted by molar-refractivity contribution is 0.00376. The van der Waals surface area contributed by atoms with E-state index in [2.05, 4.69) is 6.58 Å². The molecule has 1 fully saturated rings. The number of methoxy groups -OCH3 is 1. The molecule has 0 spiro atoms. The number of aliphatic hydroxyl groups excluding tert-OH is 1. The summed E-state index contributed by atoms with van der Waals surface area (Å²) in [6.07, 6.45) is 3.96. The van der Waals surface area contributed by atoms with Crippen molar-refractivity contribution in [1.29, 1.82) is 0 Å². The zero-order valence-corrected chi connectivity index (χ0v) is 19.1. The maximum Gasteiger partial charge on any atom is 0.410 e. The van der Waals surface area contributed by atoms with Gasteiger partial charge in [0, 0.05) is 24.6 Å². The number of hydrogen-bond acceptors (Lipinski definition) is 6. The molecule has 1 aliphatic heterocycles. The summed E-state index contributed by atoms with van der Waals surface area (Å²) in [5, 5.41) is 10.7. The fourth-order valence-electron chi connectivity index (χ4n) is 3.52. The number of amides is 1. The molecule has 0 aliphatic carbocycles. The van der Waals surface area contributed by atoms with Crippen LogP contribution in [0.25, 0.3) is 0 Å². The molecule has 1 N–H and O–H groups in total. The molecule has 2 rings (SSSR count). The van der Waals surface area contributed by atoms with Gasteiger partial charge in [0.05, 0.1) is 25.4 Å². The summed E-state index contributed by atoms with van der Waals surface area (Å²) in [5.41, 5.74) is 0.545. The minimum absolute atomic E-state index is 0.306. The Labute approximate surface area is 185 Å². The highest BCUT2D eigenvalue weighted by Crippen LogP contribution is 2.35. The van der Waals surface area contributed by atoms with Gasteiger partial charge >= 0.3 is 12.1 Å². The van der Waals surface area contributed by atoms with E-state index in [1.54, 1.807) is 23.1 Å². The largest absolute Gasteiger partial charge is 0.493 e. The molecule has 7 heteroatoms. The molecule has 172 valence electrons. The fraction of sp³-hybridized carbons (Fsp3) is 0.583. The van der Waals surface area contributed by atoms with Gasteiger partial charge in [0.2, 0.25) is 0 Å². The number of benzene rings is 1. The number of likely N-dealkylation sites (tertiary alicyclic amines) is 1. The lowest BCUT2D eigenvalue weighted by atomic mass is 9.87. The quantitative estimate of drug-likeness (QED) is 0.374. The third-order valence-corrected chi connectivity index (χ3v) is 5.12. The predicted octanol–water partition coefficient (Wildman–Crippen LogP) is 4.29. The monoisotopic (exact) mass is 433 g/mol. The first-order valence-electron chi connectivity index (χ1n) is 10.8. The Morgan fingerprint density at radius 3 is 2.68 bits per heavy atom. The van der Waals surface area contributed by atoms with E-state index in [9.17, 15) is 14.7 Å². The first-order valence-corrected chi connectivity index (χ1v) is 10.8. The van der Waals surface area contributed by atoms with Gasteiger partial charge in [0.15, 0.2) is 0 Å². The Kier molecular flexibility index (Phi) is 8.92. The van der Waals surface area contributed by atoms with Crippen LogP contribution < -0.4 is 4.74 Å². The van der Waals surface area contributed by atoms with Crippen LogP contribution in [0.2, 0.25) is 0 Å². The number of aliphatic hydroxyl groups is 1. The maximum absolute atomic E-state index is 12.6. The van der Waals surface area contributed by atoms with Gasteiger partial charge < -0.3 is 24.2 Å². The summed E-state index contributed by atoms with van der Waals surface area (Å²) in [6.45, 7) is 10.4. The van der Waals surface area contributed by atoms with Crippen LogP contribution in [0.3, 0.4) is 0 Å². The van der Waals surface area contributed by atoms with Crippen molar-refractivity contribution in [3.63, 3.8) is 0 Å². The number of ether oxygens (including phenoxy) is 3. The highest BCUT2D eigenvalue weighted by Gasteiger charge is 2.35.